The van der Waals surface area contributed by atoms with Gasteiger partial charge in [-0.05, 0) is 59.7 Å². The van der Waals surface area contributed by atoms with Crippen LogP contribution in [-0.2, 0) is 9.47 Å². The first kappa shape index (κ1) is 41.7. The Morgan fingerprint density at radius 2 is 0.667 bits per heavy atom. The molecule has 0 N–H and O–H groups in total. The van der Waals surface area contributed by atoms with Crippen LogP contribution < -0.4 is 30.3 Å². The third-order valence-electron chi connectivity index (χ3n) is 11.5. The molecule has 0 amide bonds. The van der Waals surface area contributed by atoms with Crippen molar-refractivity contribution in [2.75, 3.05) is 13.2 Å². The number of hydrogen-bond acceptors (Lipinski definition) is 9. The van der Waals surface area contributed by atoms with E-state index in [1.807, 2.05) is 158 Å². The number of rotatable bonds is 12. The van der Waals surface area contributed by atoms with Crippen molar-refractivity contribution < 1.29 is 18.5 Å². The maximum absolute atomic E-state index is 7.37. The van der Waals surface area contributed by atoms with Gasteiger partial charge in [0, 0.05) is 32.3 Å². The number of benzene rings is 8. The second-order valence-corrected chi connectivity index (χ2v) is 23.8. The molecule has 3 aliphatic rings. The fourth-order valence-electron chi connectivity index (χ4n) is 8.26. The zero-order chi connectivity index (χ0) is 44.2. The highest BCUT2D eigenvalue weighted by Crippen LogP contribution is 2.77. The predicted octanol–water partition coefficient (Wildman–Crippen LogP) is 12.7. The van der Waals surface area contributed by atoms with Crippen molar-refractivity contribution >= 4 is 55.1 Å². The van der Waals surface area contributed by atoms with Crippen LogP contribution in [0.15, 0.2) is 254 Å². The van der Waals surface area contributed by atoms with Gasteiger partial charge in [-0.2, -0.15) is 9.03 Å². The van der Waals surface area contributed by atoms with Gasteiger partial charge in [0.2, 0.25) is 11.8 Å². The van der Waals surface area contributed by atoms with Gasteiger partial charge >= 0.3 is 7.66 Å². The van der Waals surface area contributed by atoms with Crippen LogP contribution in [0.3, 0.4) is 0 Å². The normalized spacial score (nSPS) is 18.7. The lowest BCUT2D eigenvalue weighted by Crippen LogP contribution is -2.22. The van der Waals surface area contributed by atoms with Crippen LogP contribution in [0.25, 0.3) is 0 Å². The van der Waals surface area contributed by atoms with Gasteiger partial charge < -0.3 is 18.5 Å². The fourth-order valence-corrected chi connectivity index (χ4v) is 21.4. The summed E-state index contributed by atoms with van der Waals surface area (Å²) >= 11 is 0. The van der Waals surface area contributed by atoms with Gasteiger partial charge in [-0.1, -0.05) is 182 Å². The maximum atomic E-state index is 7.37. The zero-order valence-corrected chi connectivity index (χ0v) is 38.4. The van der Waals surface area contributed by atoms with Crippen LogP contribution in [0.2, 0.25) is 0 Å². The van der Waals surface area contributed by atoms with E-state index in [9.17, 15) is 0 Å². The molecule has 8 aromatic carbocycles. The quantitative estimate of drug-likeness (QED) is 0.114. The Morgan fingerprint density at radius 3 is 1.02 bits per heavy atom. The van der Waals surface area contributed by atoms with Crippen LogP contribution in [0.1, 0.15) is 34.3 Å². The molecule has 8 aromatic rings. The molecule has 0 radical (unpaired) electrons. The van der Waals surface area contributed by atoms with Crippen LogP contribution in [0.5, 0.6) is 11.5 Å². The Kier molecular flexibility index (Phi) is 11.4. The van der Waals surface area contributed by atoms with Crippen LogP contribution in [-0.4, -0.2) is 25.0 Å². The summed E-state index contributed by atoms with van der Waals surface area (Å²) < 4.78 is 44.9. The highest BCUT2D eigenvalue weighted by atomic mass is 31.3. The standard InChI is InChI=1S/C54H44N5O4P3/c1-7-19-41(20-8-1)51-39-60-53(55-51)43-31-35-45(36-32-43)62-66(63-46-37-33-44(34-38-46)54-56-52(40-61-54)42-21-9-2-10-22-42)58-64(47-23-11-3-12-24-47,48-25-13-4-14-26-48)57-65(59-66,49-27-15-5-16-28-49)50-29-17-6-18-30-50/h1-38,51-52H,39-40H2/t51-,52-/m1/s1. The van der Waals surface area contributed by atoms with Gasteiger partial charge in [-0.25, -0.2) is 14.5 Å². The molecule has 0 fully saturated rings. The predicted molar refractivity (Wildman–Crippen MR) is 270 cm³/mol. The minimum absolute atomic E-state index is 0.0755. The monoisotopic (exact) mass is 919 g/mol. The average molecular weight is 920 g/mol. The third-order valence-corrected chi connectivity index (χ3v) is 22.5. The molecule has 0 aromatic heterocycles. The summed E-state index contributed by atoms with van der Waals surface area (Å²) in [5.41, 5.74) is 3.91. The van der Waals surface area contributed by atoms with Gasteiger partial charge in [-0.3, -0.25) is 0 Å². The molecule has 0 spiro atoms. The molecule has 0 aliphatic carbocycles. The Hall–Kier alpha value is -7.01. The zero-order valence-electron chi connectivity index (χ0n) is 35.7. The van der Waals surface area contributed by atoms with Crippen molar-refractivity contribution in [3.63, 3.8) is 0 Å². The van der Waals surface area contributed by atoms with Gasteiger partial charge in [-0.15, -0.1) is 0 Å². The fraction of sp³-hybridized carbons (Fsp3) is 0.0741. The lowest BCUT2D eigenvalue weighted by molar-refractivity contribution is 0.319. The molecule has 324 valence electrons. The van der Waals surface area contributed by atoms with E-state index in [4.69, 9.17) is 42.1 Å². The summed E-state index contributed by atoms with van der Waals surface area (Å²) in [7, 11) is -10.1. The summed E-state index contributed by atoms with van der Waals surface area (Å²) in [6, 6.07) is 77.4. The van der Waals surface area contributed by atoms with Crippen molar-refractivity contribution in [2.45, 2.75) is 12.1 Å². The smallest absolute Gasteiger partial charge is 0.450 e. The molecule has 2 atom stereocenters. The highest BCUT2D eigenvalue weighted by molar-refractivity contribution is 7.95. The van der Waals surface area contributed by atoms with Gasteiger partial charge in [0.25, 0.3) is 0 Å². The molecule has 0 saturated heterocycles. The Bertz CT molecular complexity index is 2930. The van der Waals surface area contributed by atoms with Crippen LogP contribution in [0.4, 0.5) is 0 Å². The molecule has 9 nitrogen and oxygen atoms in total. The van der Waals surface area contributed by atoms with Gasteiger partial charge in [0.1, 0.15) is 51.2 Å². The van der Waals surface area contributed by atoms with Crippen molar-refractivity contribution in [3.8, 4) is 11.5 Å². The summed E-state index contributed by atoms with van der Waals surface area (Å²) in [5, 5.41) is 3.88. The molecule has 12 heteroatoms. The third kappa shape index (κ3) is 8.27. The van der Waals surface area contributed by atoms with E-state index < -0.39 is 22.1 Å². The Balaban J connectivity index is 1.10. The number of nitrogens with zero attached hydrogens (tertiary/aromatic N) is 5. The lowest BCUT2D eigenvalue weighted by Gasteiger charge is -2.36. The second kappa shape index (κ2) is 18.1. The summed E-state index contributed by atoms with van der Waals surface area (Å²) in [4.78, 5) is 9.90. The Morgan fingerprint density at radius 1 is 0.348 bits per heavy atom. The maximum Gasteiger partial charge on any atom is 0.450 e. The molecule has 3 aliphatic heterocycles. The van der Waals surface area contributed by atoms with E-state index in [0.717, 1.165) is 43.5 Å². The summed E-state index contributed by atoms with van der Waals surface area (Å²) in [6.45, 7) is 0.950. The van der Waals surface area contributed by atoms with Crippen molar-refractivity contribution in [2.24, 2.45) is 23.5 Å². The van der Waals surface area contributed by atoms with Crippen LogP contribution >= 0.6 is 22.1 Å². The number of ether oxygens (including phenoxy) is 2. The number of aliphatic imine (C=N–C) groups is 2. The minimum atomic E-state index is -3.79. The molecular weight excluding hydrogens is 876 g/mol. The van der Waals surface area contributed by atoms with E-state index in [1.165, 1.54) is 0 Å². The van der Waals surface area contributed by atoms with Crippen LogP contribution in [0, 0.1) is 0 Å². The van der Waals surface area contributed by atoms with E-state index in [-0.39, 0.29) is 12.1 Å². The average Bonchev–Trinajstić information content (AvgIpc) is 4.11. The molecule has 11 rings (SSSR count). The summed E-state index contributed by atoms with van der Waals surface area (Å²) in [6.07, 6.45) is 0. The first-order valence-corrected chi connectivity index (χ1v) is 26.7. The molecule has 0 saturated carbocycles. The van der Waals surface area contributed by atoms with Crippen molar-refractivity contribution in [3.05, 3.63) is 253 Å². The minimum Gasteiger partial charge on any atom is -0.475 e. The molecule has 0 bridgehead atoms. The molecule has 0 unspecified atom stereocenters. The largest absolute Gasteiger partial charge is 0.475 e. The first-order valence-electron chi connectivity index (χ1n) is 21.8. The van der Waals surface area contributed by atoms with Crippen molar-refractivity contribution in [1.29, 1.82) is 0 Å². The van der Waals surface area contributed by atoms with Crippen molar-refractivity contribution in [1.82, 2.24) is 0 Å². The van der Waals surface area contributed by atoms with E-state index in [1.54, 1.807) is 0 Å². The topological polar surface area (TPSA) is 98.7 Å². The molecule has 66 heavy (non-hydrogen) atoms. The van der Waals surface area contributed by atoms with Gasteiger partial charge in [0.05, 0.1) is 0 Å². The first-order chi connectivity index (χ1) is 32.6. The lowest BCUT2D eigenvalue weighted by atomic mass is 10.1. The summed E-state index contributed by atoms with van der Waals surface area (Å²) in [5.74, 6) is 2.25. The van der Waals surface area contributed by atoms with Gasteiger partial charge in [0.15, 0.2) is 0 Å². The van der Waals surface area contributed by atoms with E-state index in [0.29, 0.717) is 36.5 Å². The highest BCUT2D eigenvalue weighted by Gasteiger charge is 2.44. The molecular formula is C54H44N5O4P3. The van der Waals surface area contributed by atoms with E-state index >= 15 is 0 Å². The number of hydrogen-bond donors (Lipinski definition) is 0. The SMILES string of the molecule is c1ccc([C@H]2COC(c3ccc(OP4(Oc5ccc(C6=N[C@@H](c7ccccc7)CO6)cc5)=NP(c5ccccc5)(c5ccccc5)=NP(c5ccccc5)(c5ccccc5)=N4)cc3)=N2)cc1. The molecule has 3 heterocycles. The second-order valence-electron chi connectivity index (χ2n) is 15.9. The van der Waals surface area contributed by atoms with E-state index in [2.05, 4.69) is 72.8 Å². The Labute approximate surface area is 385 Å².